The maximum absolute atomic E-state index is 12.2. The first-order valence-corrected chi connectivity index (χ1v) is 7.72. The molecule has 0 unspecified atom stereocenters. The van der Waals surface area contributed by atoms with E-state index in [1.807, 2.05) is 64.0 Å². The zero-order chi connectivity index (χ0) is 17.0. The predicted octanol–water partition coefficient (Wildman–Crippen LogP) is 2.85. The molecule has 0 aliphatic heterocycles. The van der Waals surface area contributed by atoms with Gasteiger partial charge in [0.2, 0.25) is 0 Å². The summed E-state index contributed by atoms with van der Waals surface area (Å²) in [5.74, 6) is 0. The summed E-state index contributed by atoms with van der Waals surface area (Å²) in [4.78, 5) is 14.2. The van der Waals surface area contributed by atoms with Crippen LogP contribution in [0.1, 0.15) is 23.9 Å². The maximum Gasteiger partial charge on any atom is 0.319 e. The summed E-state index contributed by atoms with van der Waals surface area (Å²) in [6.45, 7) is 5.93. The van der Waals surface area contributed by atoms with E-state index in [2.05, 4.69) is 20.8 Å². The van der Waals surface area contributed by atoms with Crippen molar-refractivity contribution in [2.75, 3.05) is 24.3 Å². The number of anilines is 2. The van der Waals surface area contributed by atoms with Crippen LogP contribution < -0.4 is 15.5 Å². The molecule has 0 aliphatic rings. The van der Waals surface area contributed by atoms with Gasteiger partial charge >= 0.3 is 6.03 Å². The first-order chi connectivity index (χ1) is 10.9. The van der Waals surface area contributed by atoms with Crippen molar-refractivity contribution in [2.24, 2.45) is 0 Å². The SMILES string of the molecule is Cc1cc(C[C@H](C)NC(=O)Nc2cccc(N(C)C)c2C)n[nH]1. The van der Waals surface area contributed by atoms with E-state index in [9.17, 15) is 4.79 Å². The summed E-state index contributed by atoms with van der Waals surface area (Å²) in [5, 5.41) is 13.0. The zero-order valence-corrected chi connectivity index (χ0v) is 14.4. The molecule has 6 heteroatoms. The standard InChI is InChI=1S/C17H25N5O/c1-11(9-14-10-12(2)20-21-14)18-17(23)19-15-7-6-8-16(13(15)3)22(4)5/h6-8,10-11H,9H2,1-5H3,(H,20,21)(H2,18,19,23)/t11-/m0/s1. The number of hydrogen-bond donors (Lipinski definition) is 3. The minimum atomic E-state index is -0.205. The van der Waals surface area contributed by atoms with Crippen molar-refractivity contribution in [3.8, 4) is 0 Å². The molecule has 2 rings (SSSR count). The third kappa shape index (κ3) is 4.48. The van der Waals surface area contributed by atoms with E-state index in [0.29, 0.717) is 6.42 Å². The van der Waals surface area contributed by atoms with Crippen molar-refractivity contribution in [3.63, 3.8) is 0 Å². The molecule has 1 aromatic heterocycles. The number of hydrogen-bond acceptors (Lipinski definition) is 3. The number of aryl methyl sites for hydroxylation is 1. The van der Waals surface area contributed by atoms with Gasteiger partial charge in [0.05, 0.1) is 5.69 Å². The monoisotopic (exact) mass is 315 g/mol. The van der Waals surface area contributed by atoms with Gasteiger partial charge in [-0.05, 0) is 44.5 Å². The molecule has 6 nitrogen and oxygen atoms in total. The topological polar surface area (TPSA) is 73.1 Å². The van der Waals surface area contributed by atoms with Crippen LogP contribution in [0.15, 0.2) is 24.3 Å². The Kier molecular flexibility index (Phi) is 5.26. The lowest BCUT2D eigenvalue weighted by Gasteiger charge is -2.19. The number of aromatic amines is 1. The number of carbonyl (C=O) groups excluding carboxylic acids is 1. The van der Waals surface area contributed by atoms with Gasteiger partial charge < -0.3 is 15.5 Å². The van der Waals surface area contributed by atoms with E-state index in [-0.39, 0.29) is 12.1 Å². The smallest absolute Gasteiger partial charge is 0.319 e. The highest BCUT2D eigenvalue weighted by atomic mass is 16.2. The first-order valence-electron chi connectivity index (χ1n) is 7.72. The number of urea groups is 1. The van der Waals surface area contributed by atoms with Crippen LogP contribution in [0.4, 0.5) is 16.2 Å². The van der Waals surface area contributed by atoms with Gasteiger partial charge in [-0.15, -0.1) is 0 Å². The van der Waals surface area contributed by atoms with Gasteiger partial charge in [-0.25, -0.2) is 4.79 Å². The highest BCUT2D eigenvalue weighted by Gasteiger charge is 2.12. The average Bonchev–Trinajstić information content (AvgIpc) is 2.85. The number of nitrogens with one attached hydrogen (secondary N) is 3. The van der Waals surface area contributed by atoms with E-state index in [1.54, 1.807) is 0 Å². The van der Waals surface area contributed by atoms with Gasteiger partial charge in [0.25, 0.3) is 0 Å². The van der Waals surface area contributed by atoms with Crippen LogP contribution in [0.5, 0.6) is 0 Å². The first kappa shape index (κ1) is 16.9. The van der Waals surface area contributed by atoms with Crippen LogP contribution >= 0.6 is 0 Å². The lowest BCUT2D eigenvalue weighted by Crippen LogP contribution is -2.37. The number of nitrogens with zero attached hydrogens (tertiary/aromatic N) is 2. The van der Waals surface area contributed by atoms with Gasteiger partial charge in [0.1, 0.15) is 0 Å². The van der Waals surface area contributed by atoms with E-state index in [1.165, 1.54) is 0 Å². The largest absolute Gasteiger partial charge is 0.377 e. The number of rotatable bonds is 5. The Bertz CT molecular complexity index is 677. The predicted molar refractivity (Wildman–Crippen MR) is 94.2 cm³/mol. The number of H-pyrrole nitrogens is 1. The molecule has 0 spiro atoms. The second kappa shape index (κ2) is 7.17. The summed E-state index contributed by atoms with van der Waals surface area (Å²) < 4.78 is 0. The molecule has 0 saturated heterocycles. The third-order valence-corrected chi connectivity index (χ3v) is 3.69. The van der Waals surface area contributed by atoms with Crippen LogP contribution in [-0.4, -0.2) is 36.4 Å². The summed E-state index contributed by atoms with van der Waals surface area (Å²) in [5.41, 5.74) is 4.91. The minimum absolute atomic E-state index is 0.00459. The van der Waals surface area contributed by atoms with Crippen LogP contribution in [0.2, 0.25) is 0 Å². The quantitative estimate of drug-likeness (QED) is 0.794. The average molecular weight is 315 g/mol. The van der Waals surface area contributed by atoms with E-state index in [0.717, 1.165) is 28.3 Å². The van der Waals surface area contributed by atoms with Crippen molar-refractivity contribution >= 4 is 17.4 Å². The molecule has 0 radical (unpaired) electrons. The van der Waals surface area contributed by atoms with Crippen molar-refractivity contribution in [2.45, 2.75) is 33.2 Å². The Balaban J connectivity index is 1.95. The minimum Gasteiger partial charge on any atom is -0.377 e. The van der Waals surface area contributed by atoms with Gasteiger partial charge in [-0.2, -0.15) is 5.10 Å². The normalized spacial score (nSPS) is 11.9. The second-order valence-electron chi connectivity index (χ2n) is 6.09. The lowest BCUT2D eigenvalue weighted by molar-refractivity contribution is 0.249. The van der Waals surface area contributed by atoms with E-state index in [4.69, 9.17) is 0 Å². The molecule has 3 N–H and O–H groups in total. The Labute approximate surface area is 137 Å². The number of benzene rings is 1. The molecule has 1 heterocycles. The molecule has 0 saturated carbocycles. The number of aromatic nitrogens is 2. The van der Waals surface area contributed by atoms with Crippen LogP contribution in [0, 0.1) is 13.8 Å². The van der Waals surface area contributed by atoms with Crippen LogP contribution in [0.25, 0.3) is 0 Å². The molecule has 0 bridgehead atoms. The number of amides is 2. The molecule has 1 atom stereocenters. The molecule has 0 fully saturated rings. The summed E-state index contributed by atoms with van der Waals surface area (Å²) in [7, 11) is 3.97. The van der Waals surface area contributed by atoms with Crippen molar-refractivity contribution in [1.29, 1.82) is 0 Å². The Morgan fingerprint density at radius 2 is 2.09 bits per heavy atom. The third-order valence-electron chi connectivity index (χ3n) is 3.69. The molecule has 1 aromatic carbocycles. The Hall–Kier alpha value is -2.50. The van der Waals surface area contributed by atoms with Crippen molar-refractivity contribution < 1.29 is 4.79 Å². The summed E-state index contributed by atoms with van der Waals surface area (Å²) >= 11 is 0. The maximum atomic E-state index is 12.2. The molecular formula is C17H25N5O. The van der Waals surface area contributed by atoms with E-state index >= 15 is 0 Å². The van der Waals surface area contributed by atoms with Crippen molar-refractivity contribution in [1.82, 2.24) is 15.5 Å². The lowest BCUT2D eigenvalue weighted by atomic mass is 10.1. The van der Waals surface area contributed by atoms with Gasteiger partial charge in [0.15, 0.2) is 0 Å². The molecule has 2 amide bonds. The van der Waals surface area contributed by atoms with Crippen molar-refractivity contribution in [3.05, 3.63) is 41.2 Å². The fraction of sp³-hybridized carbons (Fsp3) is 0.412. The summed E-state index contributed by atoms with van der Waals surface area (Å²) in [6.07, 6.45) is 0.689. The second-order valence-corrected chi connectivity index (χ2v) is 6.09. The van der Waals surface area contributed by atoms with Gasteiger partial charge in [-0.3, -0.25) is 5.10 Å². The van der Waals surface area contributed by atoms with Crippen LogP contribution in [-0.2, 0) is 6.42 Å². The molecule has 2 aromatic rings. The molecule has 23 heavy (non-hydrogen) atoms. The Morgan fingerprint density at radius 1 is 1.35 bits per heavy atom. The highest BCUT2D eigenvalue weighted by Crippen LogP contribution is 2.25. The highest BCUT2D eigenvalue weighted by molar-refractivity contribution is 5.91. The molecule has 124 valence electrons. The van der Waals surface area contributed by atoms with Gasteiger partial charge in [-0.1, -0.05) is 6.07 Å². The Morgan fingerprint density at radius 3 is 2.70 bits per heavy atom. The fourth-order valence-electron chi connectivity index (χ4n) is 2.57. The van der Waals surface area contributed by atoms with Crippen LogP contribution in [0.3, 0.4) is 0 Å². The van der Waals surface area contributed by atoms with E-state index < -0.39 is 0 Å². The number of carbonyl (C=O) groups is 1. The summed E-state index contributed by atoms with van der Waals surface area (Å²) in [6, 6.07) is 7.65. The zero-order valence-electron chi connectivity index (χ0n) is 14.4. The fourth-order valence-corrected chi connectivity index (χ4v) is 2.57. The molecule has 0 aliphatic carbocycles. The molecular weight excluding hydrogens is 290 g/mol. The van der Waals surface area contributed by atoms with Gasteiger partial charge in [0, 0.05) is 43.6 Å².